The van der Waals surface area contributed by atoms with Crippen molar-refractivity contribution < 1.29 is 22.9 Å². The Balaban J connectivity index is 3.42. The van der Waals surface area contributed by atoms with Crippen LogP contribution in [0.15, 0.2) is 0 Å². The summed E-state index contributed by atoms with van der Waals surface area (Å²) in [5.41, 5.74) is 3.29. The molecule has 0 atom stereocenters. The predicted molar refractivity (Wildman–Crippen MR) is 25.3 cm³/mol. The van der Waals surface area contributed by atoms with Crippen molar-refractivity contribution in [3.8, 4) is 0 Å². The number of hydrogen-bond acceptors (Lipinski definition) is 3. The van der Waals surface area contributed by atoms with Crippen molar-refractivity contribution in [3.63, 3.8) is 0 Å². The highest BCUT2D eigenvalue weighted by atomic mass is 32.3. The van der Waals surface area contributed by atoms with Crippen molar-refractivity contribution in [2.24, 2.45) is 0 Å². The van der Waals surface area contributed by atoms with E-state index in [2.05, 4.69) is 9.92 Å². The molecule has 0 aromatic heterocycles. The Morgan fingerprint density at radius 2 is 2.12 bits per heavy atom. The third kappa shape index (κ3) is 5.83. The SMILES string of the molecule is [NH3+]CCOS(=O)(=O)O. The molecule has 5 nitrogen and oxygen atoms in total. The predicted octanol–water partition coefficient (Wildman–Crippen LogP) is -1.95. The minimum Gasteiger partial charge on any atom is -0.356 e. The van der Waals surface area contributed by atoms with Crippen LogP contribution in [0.25, 0.3) is 0 Å². The minimum atomic E-state index is -4.23. The van der Waals surface area contributed by atoms with Crippen LogP contribution in [0.3, 0.4) is 0 Å². The van der Waals surface area contributed by atoms with Gasteiger partial charge in [-0.2, -0.15) is 8.42 Å². The first-order valence-electron chi connectivity index (χ1n) is 1.97. The zero-order valence-corrected chi connectivity index (χ0v) is 5.02. The van der Waals surface area contributed by atoms with Crippen LogP contribution in [0.5, 0.6) is 0 Å². The van der Waals surface area contributed by atoms with E-state index in [4.69, 9.17) is 4.55 Å². The molecule has 4 N–H and O–H groups in total. The molecule has 0 amide bonds. The van der Waals surface area contributed by atoms with Crippen LogP contribution in [-0.4, -0.2) is 26.1 Å². The van der Waals surface area contributed by atoms with E-state index < -0.39 is 10.4 Å². The molecular weight excluding hydrogens is 134 g/mol. The van der Waals surface area contributed by atoms with Crippen molar-refractivity contribution in [1.29, 1.82) is 0 Å². The fraction of sp³-hybridized carbons (Fsp3) is 1.00. The molecule has 0 fully saturated rings. The Morgan fingerprint density at radius 3 is 2.25 bits per heavy atom. The molecule has 0 unspecified atom stereocenters. The van der Waals surface area contributed by atoms with E-state index in [9.17, 15) is 8.42 Å². The third-order valence-corrected chi connectivity index (χ3v) is 0.841. The van der Waals surface area contributed by atoms with Crippen LogP contribution in [-0.2, 0) is 14.6 Å². The van der Waals surface area contributed by atoms with Crippen LogP contribution >= 0.6 is 0 Å². The van der Waals surface area contributed by atoms with E-state index in [1.807, 2.05) is 0 Å². The maximum absolute atomic E-state index is 9.70. The van der Waals surface area contributed by atoms with Crippen molar-refractivity contribution in [2.75, 3.05) is 13.2 Å². The summed E-state index contributed by atoms with van der Waals surface area (Å²) in [6, 6.07) is 0. The van der Waals surface area contributed by atoms with E-state index >= 15 is 0 Å². The number of quaternary nitrogens is 1. The molecule has 0 saturated heterocycles. The molecular formula is C2H8NO4S+. The molecule has 0 saturated carbocycles. The zero-order valence-electron chi connectivity index (χ0n) is 4.20. The standard InChI is InChI=1S/C2H7NO4S/c3-1-2-7-8(4,5)6/h1-3H2,(H,4,5,6)/p+1. The van der Waals surface area contributed by atoms with Crippen molar-refractivity contribution in [1.82, 2.24) is 0 Å². The summed E-state index contributed by atoms with van der Waals surface area (Å²) in [7, 11) is -4.23. The third-order valence-electron chi connectivity index (χ3n) is 0.377. The van der Waals surface area contributed by atoms with E-state index in [0.29, 0.717) is 6.54 Å². The molecule has 0 heterocycles. The lowest BCUT2D eigenvalue weighted by molar-refractivity contribution is -0.371. The van der Waals surface area contributed by atoms with Crippen molar-refractivity contribution in [3.05, 3.63) is 0 Å². The Morgan fingerprint density at radius 1 is 1.62 bits per heavy atom. The van der Waals surface area contributed by atoms with Gasteiger partial charge < -0.3 is 5.73 Å². The molecule has 50 valence electrons. The molecule has 0 aromatic carbocycles. The van der Waals surface area contributed by atoms with Gasteiger partial charge in [0, 0.05) is 0 Å². The average molecular weight is 142 g/mol. The van der Waals surface area contributed by atoms with Crippen LogP contribution in [0.2, 0.25) is 0 Å². The Bertz CT molecular complexity index is 138. The van der Waals surface area contributed by atoms with Crippen LogP contribution in [0.1, 0.15) is 0 Å². The largest absolute Gasteiger partial charge is 0.397 e. The summed E-state index contributed by atoms with van der Waals surface area (Å²) in [5.74, 6) is 0. The minimum absolute atomic E-state index is 0.0706. The van der Waals surface area contributed by atoms with Crippen molar-refractivity contribution >= 4 is 10.4 Å². The second-order valence-electron chi connectivity index (χ2n) is 1.10. The molecule has 8 heavy (non-hydrogen) atoms. The Kier molecular flexibility index (Phi) is 2.91. The average Bonchev–Trinajstić information content (AvgIpc) is 1.59. The number of hydrogen-bond donors (Lipinski definition) is 2. The van der Waals surface area contributed by atoms with Crippen LogP contribution in [0.4, 0.5) is 0 Å². The summed E-state index contributed by atoms with van der Waals surface area (Å²) in [4.78, 5) is 0. The molecule has 0 aliphatic rings. The molecule has 0 spiro atoms. The molecule has 0 rings (SSSR count). The maximum Gasteiger partial charge on any atom is 0.397 e. The van der Waals surface area contributed by atoms with Gasteiger partial charge in [0.2, 0.25) is 0 Å². The Labute approximate surface area is 47.4 Å². The summed E-state index contributed by atoms with van der Waals surface area (Å²) >= 11 is 0. The zero-order chi connectivity index (χ0) is 6.62. The lowest BCUT2D eigenvalue weighted by Gasteiger charge is -1.91. The van der Waals surface area contributed by atoms with Crippen LogP contribution in [0, 0.1) is 0 Å². The summed E-state index contributed by atoms with van der Waals surface area (Å²) in [5, 5.41) is 0. The van der Waals surface area contributed by atoms with Gasteiger partial charge in [-0.05, 0) is 0 Å². The molecule has 0 aliphatic heterocycles. The van der Waals surface area contributed by atoms with Gasteiger partial charge in [0.15, 0.2) is 0 Å². The fourth-order valence-electron chi connectivity index (χ4n) is 0.164. The molecule has 0 aromatic rings. The number of rotatable bonds is 3. The topological polar surface area (TPSA) is 91.2 Å². The molecule has 0 radical (unpaired) electrons. The van der Waals surface area contributed by atoms with Gasteiger partial charge in [-0.1, -0.05) is 0 Å². The summed E-state index contributed by atoms with van der Waals surface area (Å²) in [6.45, 7) is 0.249. The van der Waals surface area contributed by atoms with Gasteiger partial charge >= 0.3 is 10.4 Å². The maximum atomic E-state index is 9.70. The normalized spacial score (nSPS) is 11.8. The molecule has 0 bridgehead atoms. The second kappa shape index (κ2) is 2.98. The first-order chi connectivity index (χ1) is 3.56. The van der Waals surface area contributed by atoms with Gasteiger partial charge in [0.1, 0.15) is 6.61 Å². The first kappa shape index (κ1) is 7.83. The lowest BCUT2D eigenvalue weighted by Crippen LogP contribution is -2.52. The van der Waals surface area contributed by atoms with Gasteiger partial charge in [-0.15, -0.1) is 0 Å². The highest BCUT2D eigenvalue weighted by molar-refractivity contribution is 7.80. The van der Waals surface area contributed by atoms with Gasteiger partial charge in [-0.25, -0.2) is 4.18 Å². The highest BCUT2D eigenvalue weighted by Gasteiger charge is 2.01. The van der Waals surface area contributed by atoms with E-state index in [-0.39, 0.29) is 6.61 Å². The first-order valence-corrected chi connectivity index (χ1v) is 3.34. The van der Waals surface area contributed by atoms with E-state index in [0.717, 1.165) is 0 Å². The fourth-order valence-corrected chi connectivity index (χ4v) is 0.493. The summed E-state index contributed by atoms with van der Waals surface area (Å²) in [6.07, 6.45) is 0. The highest BCUT2D eigenvalue weighted by Crippen LogP contribution is 1.80. The molecule has 0 aliphatic carbocycles. The van der Waals surface area contributed by atoms with E-state index in [1.54, 1.807) is 0 Å². The summed E-state index contributed by atoms with van der Waals surface area (Å²) < 4.78 is 31.1. The van der Waals surface area contributed by atoms with E-state index in [1.165, 1.54) is 0 Å². The van der Waals surface area contributed by atoms with Gasteiger partial charge in [-0.3, -0.25) is 4.55 Å². The lowest BCUT2D eigenvalue weighted by atomic mass is 10.8. The van der Waals surface area contributed by atoms with Crippen LogP contribution < -0.4 is 5.73 Å². The molecule has 6 heteroatoms. The van der Waals surface area contributed by atoms with Crippen molar-refractivity contribution in [2.45, 2.75) is 0 Å². The monoisotopic (exact) mass is 142 g/mol. The quantitative estimate of drug-likeness (QED) is 0.448. The van der Waals surface area contributed by atoms with Gasteiger partial charge in [0.25, 0.3) is 0 Å². The van der Waals surface area contributed by atoms with Gasteiger partial charge in [0.05, 0.1) is 6.54 Å². The smallest absolute Gasteiger partial charge is 0.356 e. The Hall–Kier alpha value is -0.170. The second-order valence-corrected chi connectivity index (χ2v) is 2.19.